The summed E-state index contributed by atoms with van der Waals surface area (Å²) >= 11 is 1.33. The van der Waals surface area contributed by atoms with Crippen molar-refractivity contribution in [3.05, 3.63) is 63.0 Å². The molecular weight excluding hydrogens is 435 g/mol. The van der Waals surface area contributed by atoms with Gasteiger partial charge in [-0.1, -0.05) is 0 Å². The molecule has 0 saturated carbocycles. The summed E-state index contributed by atoms with van der Waals surface area (Å²) < 4.78 is 19.9. The topological polar surface area (TPSA) is 116 Å². The van der Waals surface area contributed by atoms with Gasteiger partial charge < -0.3 is 15.8 Å². The highest BCUT2D eigenvalue weighted by Gasteiger charge is 2.27. The van der Waals surface area contributed by atoms with Gasteiger partial charge in [0.15, 0.2) is 6.61 Å². The SMILES string of the molecule is Cc1nn(-c2ccc(F)cc2)c(C)c1C(=O)OCC(=O)Nc1sc2c(c1C(N)=O)CCC2. The number of hydrogen-bond acceptors (Lipinski definition) is 6. The molecule has 1 aliphatic carbocycles. The number of nitrogens with one attached hydrogen (secondary N) is 1. The Morgan fingerprint density at radius 2 is 1.91 bits per heavy atom. The van der Waals surface area contributed by atoms with Crippen LogP contribution in [0.15, 0.2) is 24.3 Å². The minimum atomic E-state index is -0.702. The summed E-state index contributed by atoms with van der Waals surface area (Å²) in [6, 6.07) is 5.70. The minimum Gasteiger partial charge on any atom is -0.452 e. The Kier molecular flexibility index (Phi) is 5.79. The molecule has 3 N–H and O–H groups in total. The second-order valence-corrected chi connectivity index (χ2v) is 8.59. The fraction of sp³-hybridized carbons (Fsp3) is 0.273. The smallest absolute Gasteiger partial charge is 0.342 e. The summed E-state index contributed by atoms with van der Waals surface area (Å²) in [5.74, 6) is -2.23. The van der Waals surface area contributed by atoms with Crippen molar-refractivity contribution in [2.75, 3.05) is 11.9 Å². The van der Waals surface area contributed by atoms with Crippen LogP contribution in [0.2, 0.25) is 0 Å². The molecule has 0 fully saturated rings. The molecule has 4 rings (SSSR count). The Labute approximate surface area is 187 Å². The van der Waals surface area contributed by atoms with Crippen LogP contribution < -0.4 is 11.1 Å². The molecule has 8 nitrogen and oxygen atoms in total. The zero-order chi connectivity index (χ0) is 23.0. The van der Waals surface area contributed by atoms with Gasteiger partial charge in [-0.2, -0.15) is 5.10 Å². The third-order valence-corrected chi connectivity index (χ3v) is 6.53. The van der Waals surface area contributed by atoms with Gasteiger partial charge in [0, 0.05) is 4.88 Å². The van der Waals surface area contributed by atoms with E-state index in [1.54, 1.807) is 26.0 Å². The number of primary amides is 1. The number of ether oxygens (including phenoxy) is 1. The first-order valence-electron chi connectivity index (χ1n) is 9.99. The molecule has 0 aliphatic heterocycles. The van der Waals surface area contributed by atoms with Crippen molar-refractivity contribution in [1.82, 2.24) is 9.78 Å². The summed E-state index contributed by atoms with van der Waals surface area (Å²) in [5, 5.41) is 7.36. The Morgan fingerprint density at radius 1 is 1.19 bits per heavy atom. The van der Waals surface area contributed by atoms with E-state index in [4.69, 9.17) is 10.5 Å². The lowest BCUT2D eigenvalue weighted by Crippen LogP contribution is -2.23. The molecule has 0 atom stereocenters. The molecule has 166 valence electrons. The number of esters is 1. The van der Waals surface area contributed by atoms with Crippen molar-refractivity contribution in [1.29, 1.82) is 0 Å². The van der Waals surface area contributed by atoms with Gasteiger partial charge in [0.2, 0.25) is 0 Å². The molecule has 2 heterocycles. The van der Waals surface area contributed by atoms with Crippen LogP contribution in [-0.4, -0.2) is 34.2 Å². The number of thiophene rings is 1. The van der Waals surface area contributed by atoms with Crippen molar-refractivity contribution in [3.63, 3.8) is 0 Å². The van der Waals surface area contributed by atoms with Crippen LogP contribution in [0, 0.1) is 19.7 Å². The van der Waals surface area contributed by atoms with Crippen LogP contribution >= 0.6 is 11.3 Å². The minimum absolute atomic E-state index is 0.232. The lowest BCUT2D eigenvalue weighted by atomic mass is 10.1. The molecule has 10 heteroatoms. The Morgan fingerprint density at radius 3 is 2.59 bits per heavy atom. The van der Waals surface area contributed by atoms with Crippen molar-refractivity contribution in [2.24, 2.45) is 5.73 Å². The number of aryl methyl sites for hydroxylation is 2. The number of aromatic nitrogens is 2. The van der Waals surface area contributed by atoms with E-state index in [1.807, 2.05) is 0 Å². The van der Waals surface area contributed by atoms with E-state index in [9.17, 15) is 18.8 Å². The van der Waals surface area contributed by atoms with E-state index >= 15 is 0 Å². The van der Waals surface area contributed by atoms with Gasteiger partial charge in [0.1, 0.15) is 16.4 Å². The van der Waals surface area contributed by atoms with Crippen molar-refractivity contribution < 1.29 is 23.5 Å². The maximum atomic E-state index is 13.2. The first-order chi connectivity index (χ1) is 15.3. The van der Waals surface area contributed by atoms with Crippen molar-refractivity contribution >= 4 is 34.1 Å². The quantitative estimate of drug-likeness (QED) is 0.553. The molecule has 0 radical (unpaired) electrons. The Hall–Kier alpha value is -3.53. The number of nitrogens with two attached hydrogens (primary N) is 1. The van der Waals surface area contributed by atoms with Crippen LogP contribution in [0.1, 0.15) is 49.0 Å². The number of fused-ring (bicyclic) bond motifs is 1. The fourth-order valence-corrected chi connectivity index (χ4v) is 5.20. The van der Waals surface area contributed by atoms with Gasteiger partial charge in [-0.25, -0.2) is 13.9 Å². The molecule has 0 spiro atoms. The summed E-state index contributed by atoms with van der Waals surface area (Å²) in [6.45, 7) is 2.81. The van der Waals surface area contributed by atoms with Gasteiger partial charge in [-0.15, -0.1) is 11.3 Å². The normalized spacial score (nSPS) is 12.5. The summed E-state index contributed by atoms with van der Waals surface area (Å²) in [7, 11) is 0. The summed E-state index contributed by atoms with van der Waals surface area (Å²) in [5.41, 5.74) is 8.49. The van der Waals surface area contributed by atoms with Gasteiger partial charge in [0.05, 0.1) is 22.6 Å². The molecule has 1 aromatic carbocycles. The van der Waals surface area contributed by atoms with Crippen molar-refractivity contribution in [3.8, 4) is 5.69 Å². The molecule has 0 saturated heterocycles. The maximum absolute atomic E-state index is 13.2. The standard InChI is InChI=1S/C22H21FN4O4S/c1-11-18(12(2)27(26-11)14-8-6-13(23)7-9-14)22(30)31-10-17(28)25-21-19(20(24)29)15-4-3-5-16(15)32-21/h6-9H,3-5,10H2,1-2H3,(H2,24,29)(H,25,28). The lowest BCUT2D eigenvalue weighted by Gasteiger charge is -2.08. The number of anilines is 1. The number of rotatable bonds is 6. The van der Waals surface area contributed by atoms with Gasteiger partial charge in [0.25, 0.3) is 11.8 Å². The highest BCUT2D eigenvalue weighted by atomic mass is 32.1. The average molecular weight is 456 g/mol. The molecule has 2 aromatic heterocycles. The van der Waals surface area contributed by atoms with Gasteiger partial charge >= 0.3 is 5.97 Å². The number of halogens is 1. The van der Waals surface area contributed by atoms with Crippen LogP contribution in [0.3, 0.4) is 0 Å². The number of hydrogen-bond donors (Lipinski definition) is 2. The number of benzene rings is 1. The van der Waals surface area contributed by atoms with E-state index in [2.05, 4.69) is 10.4 Å². The van der Waals surface area contributed by atoms with Crippen LogP contribution in [0.4, 0.5) is 9.39 Å². The number of carbonyl (C=O) groups excluding carboxylic acids is 3. The fourth-order valence-electron chi connectivity index (χ4n) is 3.89. The average Bonchev–Trinajstić information content (AvgIpc) is 3.39. The zero-order valence-corrected chi connectivity index (χ0v) is 18.3. The summed E-state index contributed by atoms with van der Waals surface area (Å²) in [6.07, 6.45) is 2.56. The van der Waals surface area contributed by atoms with Gasteiger partial charge in [-0.3, -0.25) is 9.59 Å². The lowest BCUT2D eigenvalue weighted by molar-refractivity contribution is -0.119. The molecule has 0 unspecified atom stereocenters. The van der Waals surface area contributed by atoms with Gasteiger partial charge in [-0.05, 0) is 62.9 Å². The number of carbonyl (C=O) groups is 3. The zero-order valence-electron chi connectivity index (χ0n) is 17.5. The van der Waals surface area contributed by atoms with E-state index < -0.39 is 24.4 Å². The van der Waals surface area contributed by atoms with Crippen LogP contribution in [-0.2, 0) is 22.4 Å². The number of amides is 2. The predicted molar refractivity (Wildman–Crippen MR) is 117 cm³/mol. The summed E-state index contributed by atoms with van der Waals surface area (Å²) in [4.78, 5) is 37.9. The first kappa shape index (κ1) is 21.7. The first-order valence-corrected chi connectivity index (χ1v) is 10.8. The molecule has 32 heavy (non-hydrogen) atoms. The highest BCUT2D eigenvalue weighted by molar-refractivity contribution is 7.17. The number of nitrogens with zero attached hydrogens (tertiary/aromatic N) is 2. The Balaban J connectivity index is 1.45. The molecule has 3 aromatic rings. The van der Waals surface area contributed by atoms with E-state index in [0.717, 1.165) is 29.7 Å². The van der Waals surface area contributed by atoms with Crippen LogP contribution in [0.25, 0.3) is 5.69 Å². The third-order valence-electron chi connectivity index (χ3n) is 5.32. The third kappa shape index (κ3) is 4.01. The molecule has 1 aliphatic rings. The van der Waals surface area contributed by atoms with Crippen LogP contribution in [0.5, 0.6) is 0 Å². The predicted octanol–water partition coefficient (Wildman–Crippen LogP) is 3.07. The maximum Gasteiger partial charge on any atom is 0.342 e. The molecule has 0 bridgehead atoms. The second kappa shape index (κ2) is 8.54. The van der Waals surface area contributed by atoms with Crippen molar-refractivity contribution in [2.45, 2.75) is 33.1 Å². The second-order valence-electron chi connectivity index (χ2n) is 7.48. The molecule has 2 amide bonds. The monoisotopic (exact) mass is 456 g/mol. The van der Waals surface area contributed by atoms with E-state index in [-0.39, 0.29) is 11.4 Å². The Bertz CT molecular complexity index is 1230. The van der Waals surface area contributed by atoms with E-state index in [1.165, 1.54) is 28.2 Å². The largest absolute Gasteiger partial charge is 0.452 e. The van der Waals surface area contributed by atoms with E-state index in [0.29, 0.717) is 27.6 Å². The highest BCUT2D eigenvalue weighted by Crippen LogP contribution is 2.38. The molecular formula is C22H21FN4O4S.